The van der Waals surface area contributed by atoms with Crippen LogP contribution in [-0.2, 0) is 9.59 Å². The summed E-state index contributed by atoms with van der Waals surface area (Å²) >= 11 is 0. The van der Waals surface area contributed by atoms with E-state index in [2.05, 4.69) is 10.6 Å². The molecule has 0 radical (unpaired) electrons. The molecular formula is C20H24N2O4. The third-order valence-electron chi connectivity index (χ3n) is 3.72. The molecule has 2 N–H and O–H groups in total. The maximum atomic E-state index is 12.1. The van der Waals surface area contributed by atoms with Gasteiger partial charge in [0.25, 0.3) is 5.91 Å². The average Bonchev–Trinajstić information content (AvgIpc) is 2.62. The lowest BCUT2D eigenvalue weighted by molar-refractivity contribution is -0.119. The molecule has 0 heterocycles. The van der Waals surface area contributed by atoms with Crippen LogP contribution in [0.3, 0.4) is 0 Å². The highest BCUT2D eigenvalue weighted by molar-refractivity contribution is 5.95. The van der Waals surface area contributed by atoms with Crippen LogP contribution in [0.5, 0.6) is 11.5 Å². The lowest BCUT2D eigenvalue weighted by Crippen LogP contribution is -2.21. The van der Waals surface area contributed by atoms with E-state index in [1.165, 1.54) is 7.11 Å². The number of hydrogen-bond donors (Lipinski definition) is 2. The quantitative estimate of drug-likeness (QED) is 0.794. The maximum Gasteiger partial charge on any atom is 0.262 e. The zero-order valence-corrected chi connectivity index (χ0v) is 15.5. The molecule has 26 heavy (non-hydrogen) atoms. The molecule has 6 nitrogen and oxygen atoms in total. The summed E-state index contributed by atoms with van der Waals surface area (Å²) in [5.41, 5.74) is 2.08. The minimum Gasteiger partial charge on any atom is -0.494 e. The molecule has 2 amide bonds. The fourth-order valence-corrected chi connectivity index (χ4v) is 2.21. The zero-order chi connectivity index (χ0) is 19.1. The number of para-hydroxylation sites is 1. The van der Waals surface area contributed by atoms with Gasteiger partial charge in [0, 0.05) is 17.7 Å². The SMILES string of the molecule is COc1cc(NC(=O)COc2ccccc2C)ccc1NC(=O)C(C)C. The van der Waals surface area contributed by atoms with E-state index < -0.39 is 0 Å². The van der Waals surface area contributed by atoms with Crippen molar-refractivity contribution in [3.63, 3.8) is 0 Å². The number of carbonyl (C=O) groups excluding carboxylic acids is 2. The van der Waals surface area contributed by atoms with E-state index in [0.717, 1.165) is 5.56 Å². The molecule has 2 rings (SSSR count). The van der Waals surface area contributed by atoms with Crippen LogP contribution in [0.1, 0.15) is 19.4 Å². The van der Waals surface area contributed by atoms with Crippen molar-refractivity contribution >= 4 is 23.2 Å². The van der Waals surface area contributed by atoms with Gasteiger partial charge in [0.2, 0.25) is 5.91 Å². The Balaban J connectivity index is 1.99. The predicted octanol–water partition coefficient (Wildman–Crippen LogP) is 3.62. The fraction of sp³-hybridized carbons (Fsp3) is 0.300. The Morgan fingerprint density at radius 1 is 1.04 bits per heavy atom. The van der Waals surface area contributed by atoms with Crippen molar-refractivity contribution in [3.05, 3.63) is 48.0 Å². The van der Waals surface area contributed by atoms with Crippen LogP contribution in [0, 0.1) is 12.8 Å². The molecule has 0 unspecified atom stereocenters. The van der Waals surface area contributed by atoms with Gasteiger partial charge in [-0.2, -0.15) is 0 Å². The molecule has 0 bridgehead atoms. The van der Waals surface area contributed by atoms with Crippen molar-refractivity contribution in [1.29, 1.82) is 0 Å². The number of carbonyl (C=O) groups is 2. The van der Waals surface area contributed by atoms with Crippen LogP contribution in [-0.4, -0.2) is 25.5 Å². The summed E-state index contributed by atoms with van der Waals surface area (Å²) in [6, 6.07) is 12.5. The van der Waals surface area contributed by atoms with Crippen molar-refractivity contribution in [2.75, 3.05) is 24.4 Å². The number of amides is 2. The van der Waals surface area contributed by atoms with Crippen LogP contribution in [0.15, 0.2) is 42.5 Å². The Hall–Kier alpha value is -3.02. The van der Waals surface area contributed by atoms with Crippen molar-refractivity contribution in [3.8, 4) is 11.5 Å². The van der Waals surface area contributed by atoms with Gasteiger partial charge in [0.15, 0.2) is 6.61 Å². The number of rotatable bonds is 7. The molecule has 2 aromatic carbocycles. The third-order valence-corrected chi connectivity index (χ3v) is 3.72. The highest BCUT2D eigenvalue weighted by Crippen LogP contribution is 2.28. The summed E-state index contributed by atoms with van der Waals surface area (Å²) in [6.45, 7) is 5.44. The normalized spacial score (nSPS) is 10.3. The summed E-state index contributed by atoms with van der Waals surface area (Å²) in [5.74, 6) is 0.613. The molecule has 6 heteroatoms. The number of benzene rings is 2. The topological polar surface area (TPSA) is 76.7 Å². The highest BCUT2D eigenvalue weighted by Gasteiger charge is 2.12. The largest absolute Gasteiger partial charge is 0.494 e. The average molecular weight is 356 g/mol. The van der Waals surface area contributed by atoms with Crippen LogP contribution in [0.2, 0.25) is 0 Å². The number of methoxy groups -OCH3 is 1. The molecule has 0 aliphatic rings. The molecule has 138 valence electrons. The fourth-order valence-electron chi connectivity index (χ4n) is 2.21. The lowest BCUT2D eigenvalue weighted by atomic mass is 10.2. The highest BCUT2D eigenvalue weighted by atomic mass is 16.5. The number of ether oxygens (including phenoxy) is 2. The van der Waals surface area contributed by atoms with Gasteiger partial charge in [-0.1, -0.05) is 32.0 Å². The first-order valence-corrected chi connectivity index (χ1v) is 8.38. The monoisotopic (exact) mass is 356 g/mol. The first-order valence-electron chi connectivity index (χ1n) is 8.38. The Labute approximate surface area is 153 Å². The minimum absolute atomic E-state index is 0.0982. The van der Waals surface area contributed by atoms with E-state index in [-0.39, 0.29) is 24.3 Å². The van der Waals surface area contributed by atoms with Crippen molar-refractivity contribution < 1.29 is 19.1 Å². The molecule has 0 aromatic heterocycles. The van der Waals surface area contributed by atoms with Gasteiger partial charge in [-0.25, -0.2) is 0 Å². The first kappa shape index (κ1) is 19.3. The van der Waals surface area contributed by atoms with Gasteiger partial charge in [-0.3, -0.25) is 9.59 Å². The second-order valence-corrected chi connectivity index (χ2v) is 6.16. The van der Waals surface area contributed by atoms with E-state index in [1.807, 2.05) is 45.0 Å². The van der Waals surface area contributed by atoms with E-state index in [1.54, 1.807) is 18.2 Å². The maximum absolute atomic E-state index is 12.1. The molecule has 0 aliphatic heterocycles. The summed E-state index contributed by atoms with van der Waals surface area (Å²) in [6.07, 6.45) is 0. The number of nitrogens with one attached hydrogen (secondary N) is 2. The predicted molar refractivity (Wildman–Crippen MR) is 102 cm³/mol. The van der Waals surface area contributed by atoms with Crippen molar-refractivity contribution in [2.45, 2.75) is 20.8 Å². The summed E-state index contributed by atoms with van der Waals surface area (Å²) in [5, 5.41) is 5.55. The number of aryl methyl sites for hydroxylation is 1. The molecule has 2 aromatic rings. The zero-order valence-electron chi connectivity index (χ0n) is 15.5. The van der Waals surface area contributed by atoms with Gasteiger partial charge in [-0.05, 0) is 30.7 Å². The van der Waals surface area contributed by atoms with Crippen molar-refractivity contribution in [2.24, 2.45) is 5.92 Å². The Kier molecular flexibility index (Phi) is 6.60. The third kappa shape index (κ3) is 5.24. The molecular weight excluding hydrogens is 332 g/mol. The molecule has 0 aliphatic carbocycles. The van der Waals surface area contributed by atoms with E-state index in [4.69, 9.17) is 9.47 Å². The Morgan fingerprint density at radius 2 is 1.77 bits per heavy atom. The molecule has 0 fully saturated rings. The van der Waals surface area contributed by atoms with Crippen LogP contribution < -0.4 is 20.1 Å². The second-order valence-electron chi connectivity index (χ2n) is 6.16. The lowest BCUT2D eigenvalue weighted by Gasteiger charge is -2.14. The second kappa shape index (κ2) is 8.89. The molecule has 0 spiro atoms. The molecule has 0 atom stereocenters. The summed E-state index contributed by atoms with van der Waals surface area (Å²) < 4.78 is 10.8. The van der Waals surface area contributed by atoms with Gasteiger partial charge in [0.1, 0.15) is 11.5 Å². The molecule has 0 saturated heterocycles. The smallest absolute Gasteiger partial charge is 0.262 e. The Morgan fingerprint density at radius 3 is 2.42 bits per heavy atom. The number of hydrogen-bond acceptors (Lipinski definition) is 4. The van der Waals surface area contributed by atoms with Gasteiger partial charge in [-0.15, -0.1) is 0 Å². The van der Waals surface area contributed by atoms with Gasteiger partial charge in [0.05, 0.1) is 12.8 Å². The summed E-state index contributed by atoms with van der Waals surface area (Å²) in [7, 11) is 1.51. The van der Waals surface area contributed by atoms with E-state index >= 15 is 0 Å². The van der Waals surface area contributed by atoms with E-state index in [9.17, 15) is 9.59 Å². The van der Waals surface area contributed by atoms with Crippen LogP contribution >= 0.6 is 0 Å². The molecule has 0 saturated carbocycles. The summed E-state index contributed by atoms with van der Waals surface area (Å²) in [4.78, 5) is 23.9. The first-order chi connectivity index (χ1) is 12.4. The van der Waals surface area contributed by atoms with E-state index in [0.29, 0.717) is 22.9 Å². The van der Waals surface area contributed by atoms with Crippen LogP contribution in [0.25, 0.3) is 0 Å². The Bertz CT molecular complexity index is 787. The number of anilines is 2. The minimum atomic E-state index is -0.283. The van der Waals surface area contributed by atoms with Crippen LogP contribution in [0.4, 0.5) is 11.4 Å². The van der Waals surface area contributed by atoms with Gasteiger partial charge < -0.3 is 20.1 Å². The van der Waals surface area contributed by atoms with Crippen molar-refractivity contribution in [1.82, 2.24) is 0 Å². The van der Waals surface area contributed by atoms with Gasteiger partial charge >= 0.3 is 0 Å². The standard InChI is InChI=1S/C20H24N2O4/c1-13(2)20(24)22-16-10-9-15(11-18(16)25-4)21-19(23)12-26-17-8-6-5-7-14(17)3/h5-11,13H,12H2,1-4H3,(H,21,23)(H,22,24).